The highest BCUT2D eigenvalue weighted by Gasteiger charge is 2.50. The molecule has 0 bridgehead atoms. The fourth-order valence-electron chi connectivity index (χ4n) is 6.10. The van der Waals surface area contributed by atoms with E-state index >= 15 is 0 Å². The standard InChI is InChI=1S/C46H71NO13Si/c1-46(2,3)61(43-15-9-5-10-16-43,44-17-11-6-12-18-44)60-40-39-58-38-37-57-36-35-56-34-33-55-32-31-54-30-29-53-28-27-52-26-25-51-24-23-50-22-21-49-20-19-47-45(48)59-41-42-13-7-4-8-14-42/h4-18H,19-41H2,1-3H3,(H,47,48). The third-order valence-electron chi connectivity index (χ3n) is 9.04. The van der Waals surface area contributed by atoms with Gasteiger partial charge in [-0.1, -0.05) is 112 Å². The van der Waals surface area contributed by atoms with Gasteiger partial charge in [-0.3, -0.25) is 0 Å². The number of rotatable bonds is 38. The van der Waals surface area contributed by atoms with Gasteiger partial charge in [-0.25, -0.2) is 4.79 Å². The van der Waals surface area contributed by atoms with E-state index in [0.29, 0.717) is 145 Å². The molecule has 0 saturated heterocycles. The molecule has 0 atom stereocenters. The molecular formula is C46H71NO13Si. The lowest BCUT2D eigenvalue weighted by Crippen LogP contribution is -2.66. The molecule has 15 heteroatoms. The Morgan fingerprint density at radius 2 is 0.721 bits per heavy atom. The van der Waals surface area contributed by atoms with Gasteiger partial charge in [0.1, 0.15) is 6.61 Å². The Balaban J connectivity index is 0.980. The van der Waals surface area contributed by atoms with Crippen LogP contribution in [0.2, 0.25) is 5.04 Å². The molecule has 0 aliphatic heterocycles. The second-order valence-corrected chi connectivity index (χ2v) is 18.9. The molecule has 0 spiro atoms. The summed E-state index contributed by atoms with van der Waals surface area (Å²) in [6, 6.07) is 30.8. The Morgan fingerprint density at radius 1 is 0.426 bits per heavy atom. The van der Waals surface area contributed by atoms with Crippen LogP contribution in [0, 0.1) is 0 Å². The zero-order valence-corrected chi connectivity index (χ0v) is 37.7. The first-order valence-corrected chi connectivity index (χ1v) is 23.3. The zero-order chi connectivity index (χ0) is 43.4. The molecule has 1 amide bonds. The molecular weight excluding hydrogens is 803 g/mol. The summed E-state index contributed by atoms with van der Waals surface area (Å²) in [5.74, 6) is 0. The van der Waals surface area contributed by atoms with E-state index < -0.39 is 14.4 Å². The van der Waals surface area contributed by atoms with Gasteiger partial charge in [-0.15, -0.1) is 0 Å². The number of ether oxygens (including phenoxy) is 11. The minimum atomic E-state index is -2.55. The van der Waals surface area contributed by atoms with Crippen LogP contribution in [-0.2, 0) is 63.1 Å². The largest absolute Gasteiger partial charge is 0.445 e. The normalized spacial score (nSPS) is 11.9. The molecule has 61 heavy (non-hydrogen) atoms. The maximum Gasteiger partial charge on any atom is 0.407 e. The molecule has 0 heterocycles. The van der Waals surface area contributed by atoms with E-state index in [1.807, 2.05) is 30.3 Å². The van der Waals surface area contributed by atoms with Crippen molar-refractivity contribution in [1.29, 1.82) is 0 Å². The van der Waals surface area contributed by atoms with Gasteiger partial charge in [0, 0.05) is 6.54 Å². The monoisotopic (exact) mass is 873 g/mol. The Hall–Kier alpha value is -3.29. The Kier molecular flexibility index (Phi) is 29.2. The second kappa shape index (κ2) is 34.2. The number of alkyl carbamates (subject to hydrolysis) is 1. The van der Waals surface area contributed by atoms with Crippen molar-refractivity contribution in [2.24, 2.45) is 0 Å². The summed E-state index contributed by atoms with van der Waals surface area (Å²) in [7, 11) is -2.55. The lowest BCUT2D eigenvalue weighted by molar-refractivity contribution is -0.0267. The van der Waals surface area contributed by atoms with Crippen LogP contribution in [0.3, 0.4) is 0 Å². The zero-order valence-electron chi connectivity index (χ0n) is 36.7. The van der Waals surface area contributed by atoms with Gasteiger partial charge in [0.25, 0.3) is 8.32 Å². The molecule has 0 unspecified atom stereocenters. The number of nitrogens with one attached hydrogen (secondary N) is 1. The van der Waals surface area contributed by atoms with Gasteiger partial charge in [-0.05, 0) is 21.0 Å². The quantitative estimate of drug-likeness (QED) is 0.0632. The molecule has 1 N–H and O–H groups in total. The Morgan fingerprint density at radius 3 is 1.05 bits per heavy atom. The van der Waals surface area contributed by atoms with Crippen molar-refractivity contribution in [3.05, 3.63) is 96.6 Å². The first kappa shape index (κ1) is 52.1. The van der Waals surface area contributed by atoms with E-state index in [1.165, 1.54) is 10.4 Å². The molecule has 3 aromatic carbocycles. The number of hydrogen-bond donors (Lipinski definition) is 1. The van der Waals surface area contributed by atoms with Crippen LogP contribution in [0.4, 0.5) is 4.79 Å². The number of amides is 1. The summed E-state index contributed by atoms with van der Waals surface area (Å²) in [5, 5.41) is 5.11. The molecule has 0 saturated carbocycles. The lowest BCUT2D eigenvalue weighted by Gasteiger charge is -2.43. The van der Waals surface area contributed by atoms with E-state index in [0.717, 1.165) is 5.56 Å². The van der Waals surface area contributed by atoms with Gasteiger partial charge in [0.2, 0.25) is 0 Å². The molecule has 342 valence electrons. The predicted octanol–water partition coefficient (Wildman–Crippen LogP) is 4.66. The molecule has 0 radical (unpaired) electrons. The number of hydrogen-bond acceptors (Lipinski definition) is 13. The van der Waals surface area contributed by atoms with Crippen molar-refractivity contribution >= 4 is 24.8 Å². The number of carbonyl (C=O) groups is 1. The first-order valence-electron chi connectivity index (χ1n) is 21.4. The Labute approximate surface area is 364 Å². The minimum Gasteiger partial charge on any atom is -0.445 e. The van der Waals surface area contributed by atoms with Crippen LogP contribution in [0.1, 0.15) is 26.3 Å². The molecule has 0 aliphatic carbocycles. The van der Waals surface area contributed by atoms with Crippen LogP contribution >= 0.6 is 0 Å². The van der Waals surface area contributed by atoms with Gasteiger partial charge in [0.05, 0.1) is 139 Å². The number of carbonyl (C=O) groups excluding carboxylic acids is 1. The van der Waals surface area contributed by atoms with Gasteiger partial charge >= 0.3 is 6.09 Å². The van der Waals surface area contributed by atoms with E-state index in [4.69, 9.17) is 56.5 Å². The van der Waals surface area contributed by atoms with Crippen molar-refractivity contribution in [3.8, 4) is 0 Å². The fourth-order valence-corrected chi connectivity index (χ4v) is 10.6. The van der Waals surface area contributed by atoms with Gasteiger partial charge < -0.3 is 61.8 Å². The summed E-state index contributed by atoms with van der Waals surface area (Å²) in [6.07, 6.45) is -0.470. The van der Waals surface area contributed by atoms with Crippen molar-refractivity contribution < 1.29 is 61.3 Å². The van der Waals surface area contributed by atoms with E-state index in [9.17, 15) is 4.79 Å². The molecule has 3 rings (SSSR count). The van der Waals surface area contributed by atoms with Crippen LogP contribution < -0.4 is 15.7 Å². The molecule has 3 aromatic rings. The second-order valence-electron chi connectivity index (χ2n) is 14.6. The predicted molar refractivity (Wildman–Crippen MR) is 236 cm³/mol. The van der Waals surface area contributed by atoms with Crippen LogP contribution in [0.25, 0.3) is 0 Å². The van der Waals surface area contributed by atoms with Crippen molar-refractivity contribution in [1.82, 2.24) is 5.32 Å². The third-order valence-corrected chi connectivity index (χ3v) is 14.1. The molecule has 0 fully saturated rings. The van der Waals surface area contributed by atoms with E-state index in [2.05, 4.69) is 86.8 Å². The highest BCUT2D eigenvalue weighted by Crippen LogP contribution is 2.36. The average molecular weight is 874 g/mol. The smallest absolute Gasteiger partial charge is 0.407 e. The maximum absolute atomic E-state index is 11.7. The number of benzene rings is 3. The molecule has 0 aliphatic rings. The minimum absolute atomic E-state index is 0.0627. The van der Waals surface area contributed by atoms with Crippen molar-refractivity contribution in [2.45, 2.75) is 32.4 Å². The third kappa shape index (κ3) is 23.7. The Bertz CT molecular complexity index is 1410. The fraction of sp³-hybridized carbons (Fsp3) is 0.587. The first-order chi connectivity index (χ1) is 29.9. The average Bonchev–Trinajstić information content (AvgIpc) is 3.27. The van der Waals surface area contributed by atoms with Crippen LogP contribution in [-0.4, -0.2) is 160 Å². The lowest BCUT2D eigenvalue weighted by atomic mass is 10.2. The summed E-state index contributed by atoms with van der Waals surface area (Å²) in [4.78, 5) is 11.7. The highest BCUT2D eigenvalue weighted by molar-refractivity contribution is 6.99. The summed E-state index contributed by atoms with van der Waals surface area (Å²) >= 11 is 0. The summed E-state index contributed by atoms with van der Waals surface area (Å²) in [6.45, 7) is 17.5. The van der Waals surface area contributed by atoms with Crippen molar-refractivity contribution in [3.63, 3.8) is 0 Å². The summed E-state index contributed by atoms with van der Waals surface area (Å²) < 4.78 is 67.6. The highest BCUT2D eigenvalue weighted by atomic mass is 28.4. The van der Waals surface area contributed by atoms with E-state index in [-0.39, 0.29) is 11.6 Å². The SMILES string of the molecule is CC(C)(C)[Si](OCCOCCOCCOCCOCCOCCOCCOCCOCCOCCOCCNC(=O)OCc1ccccc1)(c1ccccc1)c1ccccc1. The topological polar surface area (TPSA) is 140 Å². The van der Waals surface area contributed by atoms with Crippen molar-refractivity contribution in [2.75, 3.05) is 145 Å². The molecule has 14 nitrogen and oxygen atoms in total. The van der Waals surface area contributed by atoms with Crippen LogP contribution in [0.5, 0.6) is 0 Å². The van der Waals surface area contributed by atoms with E-state index in [1.54, 1.807) is 0 Å². The maximum atomic E-state index is 11.7. The van der Waals surface area contributed by atoms with Gasteiger partial charge in [-0.2, -0.15) is 0 Å². The summed E-state index contributed by atoms with van der Waals surface area (Å²) in [5.41, 5.74) is 0.937. The van der Waals surface area contributed by atoms with Crippen LogP contribution in [0.15, 0.2) is 91.0 Å². The van der Waals surface area contributed by atoms with Gasteiger partial charge in [0.15, 0.2) is 0 Å². The molecule has 0 aromatic heterocycles.